The molecule has 0 fully saturated rings. The number of fused-ring (bicyclic) bond motifs is 1. The fourth-order valence-corrected chi connectivity index (χ4v) is 1.82. The van der Waals surface area contributed by atoms with Gasteiger partial charge in [0.05, 0.1) is 12.2 Å². The molecule has 0 aromatic carbocycles. The van der Waals surface area contributed by atoms with Crippen LogP contribution in [0.5, 0.6) is 0 Å². The Bertz CT molecular complexity index is 492. The van der Waals surface area contributed by atoms with Crippen molar-refractivity contribution in [1.82, 2.24) is 10.3 Å². The molecule has 0 radical (unpaired) electrons. The third kappa shape index (κ3) is 2.41. The molecule has 1 aliphatic rings. The van der Waals surface area contributed by atoms with Crippen LogP contribution in [-0.2, 0) is 16.0 Å². The number of rotatable bonds is 4. The lowest BCUT2D eigenvalue weighted by Gasteiger charge is -2.05. The fraction of sp³-hybridized carbons (Fsp3) is 0.308. The van der Waals surface area contributed by atoms with Crippen LogP contribution in [0.2, 0.25) is 0 Å². The Morgan fingerprint density at radius 2 is 2.29 bits per heavy atom. The summed E-state index contributed by atoms with van der Waals surface area (Å²) in [7, 11) is 0. The minimum absolute atomic E-state index is 0.0569. The minimum Gasteiger partial charge on any atom is -0.349 e. The number of nitrogens with one attached hydrogen (secondary N) is 1. The third-order valence-corrected chi connectivity index (χ3v) is 2.75. The zero-order valence-electron chi connectivity index (χ0n) is 9.69. The van der Waals surface area contributed by atoms with Crippen molar-refractivity contribution in [2.45, 2.75) is 19.8 Å². The van der Waals surface area contributed by atoms with Gasteiger partial charge < -0.3 is 5.32 Å². The van der Waals surface area contributed by atoms with Crippen LogP contribution in [0.25, 0.3) is 5.57 Å². The first kappa shape index (κ1) is 11.5. The molecule has 1 aliphatic carbocycles. The Kier molecular flexibility index (Phi) is 3.32. The van der Waals surface area contributed by atoms with Crippen LogP contribution < -0.4 is 5.32 Å². The minimum atomic E-state index is -0.108. The van der Waals surface area contributed by atoms with E-state index in [1.165, 1.54) is 0 Å². The summed E-state index contributed by atoms with van der Waals surface area (Å²) in [6, 6.07) is 3.70. The number of nitrogens with zero attached hydrogens (tertiary/aromatic N) is 1. The third-order valence-electron chi connectivity index (χ3n) is 2.75. The highest BCUT2D eigenvalue weighted by Crippen LogP contribution is 2.25. The van der Waals surface area contributed by atoms with E-state index in [2.05, 4.69) is 10.3 Å². The molecule has 1 N–H and O–H groups in total. The molecule has 88 valence electrons. The molecule has 17 heavy (non-hydrogen) atoms. The quantitative estimate of drug-likeness (QED) is 0.843. The van der Waals surface area contributed by atoms with Gasteiger partial charge in [-0.2, -0.15) is 0 Å². The van der Waals surface area contributed by atoms with E-state index in [0.717, 1.165) is 11.3 Å². The summed E-state index contributed by atoms with van der Waals surface area (Å²) in [4.78, 5) is 27.2. The predicted molar refractivity (Wildman–Crippen MR) is 64.2 cm³/mol. The van der Waals surface area contributed by atoms with Crippen molar-refractivity contribution < 1.29 is 9.59 Å². The van der Waals surface area contributed by atoms with Crippen molar-refractivity contribution in [2.75, 3.05) is 6.54 Å². The molecule has 0 atom stereocenters. The molecular weight excluding hydrogens is 216 g/mol. The van der Waals surface area contributed by atoms with Crippen molar-refractivity contribution in [3.63, 3.8) is 0 Å². The second kappa shape index (κ2) is 4.91. The van der Waals surface area contributed by atoms with Gasteiger partial charge in [-0.25, -0.2) is 0 Å². The van der Waals surface area contributed by atoms with Crippen molar-refractivity contribution in [1.29, 1.82) is 0 Å². The van der Waals surface area contributed by atoms with Gasteiger partial charge in [-0.15, -0.1) is 0 Å². The van der Waals surface area contributed by atoms with E-state index in [-0.39, 0.29) is 18.2 Å². The Hall–Kier alpha value is -1.97. The van der Waals surface area contributed by atoms with E-state index in [4.69, 9.17) is 0 Å². The van der Waals surface area contributed by atoms with E-state index >= 15 is 0 Å². The van der Waals surface area contributed by atoms with Crippen LogP contribution >= 0.6 is 0 Å². The van der Waals surface area contributed by atoms with Gasteiger partial charge in [0.2, 0.25) is 5.91 Å². The molecule has 0 aliphatic heterocycles. The molecule has 1 amide bonds. The number of Topliss-reactive ketones (excluding diaryl/α,β-unsaturated/α-hetero) is 1. The molecule has 0 spiro atoms. The summed E-state index contributed by atoms with van der Waals surface area (Å²) in [5, 5.41) is 2.59. The highest BCUT2D eigenvalue weighted by molar-refractivity contribution is 6.23. The summed E-state index contributed by atoms with van der Waals surface area (Å²) in [6.07, 6.45) is 4.68. The molecule has 0 unspecified atom stereocenters. The van der Waals surface area contributed by atoms with Crippen molar-refractivity contribution >= 4 is 17.3 Å². The van der Waals surface area contributed by atoms with Crippen molar-refractivity contribution in [3.8, 4) is 0 Å². The highest BCUT2D eigenvalue weighted by atomic mass is 16.2. The molecule has 1 aromatic heterocycles. The molecule has 0 saturated heterocycles. The Morgan fingerprint density at radius 1 is 1.47 bits per heavy atom. The Morgan fingerprint density at radius 3 is 3.06 bits per heavy atom. The molecular formula is C13H14N2O2. The van der Waals surface area contributed by atoms with E-state index in [9.17, 15) is 9.59 Å². The van der Waals surface area contributed by atoms with Crippen LogP contribution in [0.15, 0.2) is 24.4 Å². The van der Waals surface area contributed by atoms with Gasteiger partial charge in [0.15, 0.2) is 5.78 Å². The number of carbonyl (C=O) groups excluding carboxylic acids is 2. The molecule has 4 heteroatoms. The van der Waals surface area contributed by atoms with Gasteiger partial charge in [0, 0.05) is 30.2 Å². The SMILES string of the molecule is CCC(=O)NCC(=O)C1=CCc2ncccc21. The smallest absolute Gasteiger partial charge is 0.220 e. The number of ketones is 1. The highest BCUT2D eigenvalue weighted by Gasteiger charge is 2.20. The summed E-state index contributed by atoms with van der Waals surface area (Å²) in [6.45, 7) is 1.82. The normalized spacial score (nSPS) is 12.9. The average Bonchev–Trinajstić information content (AvgIpc) is 2.79. The maximum atomic E-state index is 11.9. The van der Waals surface area contributed by atoms with Gasteiger partial charge in [0.1, 0.15) is 0 Å². The summed E-state index contributed by atoms with van der Waals surface area (Å²) < 4.78 is 0. The molecule has 1 aromatic rings. The van der Waals surface area contributed by atoms with Gasteiger partial charge in [0.25, 0.3) is 0 Å². The van der Waals surface area contributed by atoms with Crippen molar-refractivity contribution in [3.05, 3.63) is 35.7 Å². The second-order valence-corrected chi connectivity index (χ2v) is 3.87. The Labute approximate surface area is 99.7 Å². The van der Waals surface area contributed by atoms with Gasteiger partial charge in [-0.3, -0.25) is 14.6 Å². The van der Waals surface area contributed by atoms with Crippen molar-refractivity contribution in [2.24, 2.45) is 0 Å². The number of aromatic nitrogens is 1. The first-order valence-corrected chi connectivity index (χ1v) is 5.66. The number of pyridine rings is 1. The van der Waals surface area contributed by atoms with Crippen LogP contribution in [0.1, 0.15) is 24.6 Å². The number of carbonyl (C=O) groups is 2. The number of hydrogen-bond donors (Lipinski definition) is 1. The average molecular weight is 230 g/mol. The predicted octanol–water partition coefficient (Wildman–Crippen LogP) is 1.12. The van der Waals surface area contributed by atoms with Crippen LogP contribution in [0, 0.1) is 0 Å². The van der Waals surface area contributed by atoms with E-state index < -0.39 is 0 Å². The van der Waals surface area contributed by atoms with Crippen LogP contribution in [-0.4, -0.2) is 23.2 Å². The van der Waals surface area contributed by atoms with Gasteiger partial charge in [-0.05, 0) is 6.07 Å². The Balaban J connectivity index is 2.05. The lowest BCUT2D eigenvalue weighted by atomic mass is 10.1. The maximum Gasteiger partial charge on any atom is 0.220 e. The van der Waals surface area contributed by atoms with Crippen LogP contribution in [0.3, 0.4) is 0 Å². The standard InChI is InChI=1S/C13H14N2O2/c1-2-13(17)15-8-12(16)10-5-6-11-9(10)4-3-7-14-11/h3-5,7H,2,6,8H2,1H3,(H,15,17). The zero-order chi connectivity index (χ0) is 12.3. The van der Waals surface area contributed by atoms with Gasteiger partial charge >= 0.3 is 0 Å². The molecule has 0 saturated carbocycles. The van der Waals surface area contributed by atoms with Crippen LogP contribution in [0.4, 0.5) is 0 Å². The first-order chi connectivity index (χ1) is 8.22. The largest absolute Gasteiger partial charge is 0.349 e. The molecule has 0 bridgehead atoms. The molecule has 2 rings (SSSR count). The maximum absolute atomic E-state index is 11.9. The monoisotopic (exact) mass is 230 g/mol. The lowest BCUT2D eigenvalue weighted by molar-refractivity contribution is -0.123. The number of allylic oxidation sites excluding steroid dienone is 1. The zero-order valence-corrected chi connectivity index (χ0v) is 9.69. The van der Waals surface area contributed by atoms with E-state index in [1.54, 1.807) is 13.1 Å². The summed E-state index contributed by atoms with van der Waals surface area (Å²) >= 11 is 0. The van der Waals surface area contributed by atoms with E-state index in [0.29, 0.717) is 18.4 Å². The second-order valence-electron chi connectivity index (χ2n) is 3.87. The van der Waals surface area contributed by atoms with Gasteiger partial charge in [-0.1, -0.05) is 19.1 Å². The number of amides is 1. The lowest BCUT2D eigenvalue weighted by Crippen LogP contribution is -2.29. The fourth-order valence-electron chi connectivity index (χ4n) is 1.82. The number of hydrogen-bond acceptors (Lipinski definition) is 3. The summed E-state index contributed by atoms with van der Waals surface area (Å²) in [5.74, 6) is -0.165. The summed E-state index contributed by atoms with van der Waals surface area (Å²) in [5.41, 5.74) is 2.49. The first-order valence-electron chi connectivity index (χ1n) is 5.66. The molecule has 4 nitrogen and oxygen atoms in total. The topological polar surface area (TPSA) is 59.1 Å². The van der Waals surface area contributed by atoms with E-state index in [1.807, 2.05) is 18.2 Å². The molecule has 1 heterocycles.